The molecule has 98 valence electrons. The number of rotatable bonds is 8. The maximum Gasteiger partial charge on any atom is 0.153 e. The van der Waals surface area contributed by atoms with Crippen LogP contribution < -0.4 is 5.32 Å². The SMILES string of the molecule is CCC(C)CS(=O)(=O)CC(O)CNC(C)C. The third-order valence-corrected chi connectivity index (χ3v) is 4.41. The molecule has 5 heteroatoms. The average Bonchev–Trinajstić information content (AvgIpc) is 2.13. The Labute approximate surface area is 99.4 Å². The first kappa shape index (κ1) is 15.9. The predicted octanol–water partition coefficient (Wildman–Crippen LogP) is 0.806. The molecule has 16 heavy (non-hydrogen) atoms. The van der Waals surface area contributed by atoms with E-state index in [4.69, 9.17) is 0 Å². The second-order valence-electron chi connectivity index (χ2n) is 4.81. The summed E-state index contributed by atoms with van der Waals surface area (Å²) in [7, 11) is -3.13. The van der Waals surface area contributed by atoms with E-state index in [1.54, 1.807) is 0 Å². The Morgan fingerprint density at radius 3 is 2.19 bits per heavy atom. The van der Waals surface area contributed by atoms with Gasteiger partial charge >= 0.3 is 0 Å². The number of hydrogen-bond acceptors (Lipinski definition) is 4. The molecule has 0 aliphatic rings. The quantitative estimate of drug-likeness (QED) is 0.670. The van der Waals surface area contributed by atoms with Gasteiger partial charge in [0.15, 0.2) is 9.84 Å². The van der Waals surface area contributed by atoms with Gasteiger partial charge in [0.25, 0.3) is 0 Å². The van der Waals surface area contributed by atoms with Crippen molar-refractivity contribution in [3.05, 3.63) is 0 Å². The van der Waals surface area contributed by atoms with Crippen LogP contribution in [0.2, 0.25) is 0 Å². The molecular formula is C11H25NO3S. The molecule has 0 heterocycles. The molecule has 0 aromatic carbocycles. The van der Waals surface area contributed by atoms with E-state index in [0.29, 0.717) is 6.54 Å². The van der Waals surface area contributed by atoms with E-state index in [0.717, 1.165) is 6.42 Å². The highest BCUT2D eigenvalue weighted by atomic mass is 32.2. The zero-order valence-corrected chi connectivity index (χ0v) is 11.5. The predicted molar refractivity (Wildman–Crippen MR) is 67.3 cm³/mol. The summed E-state index contributed by atoms with van der Waals surface area (Å²) in [4.78, 5) is 0. The van der Waals surface area contributed by atoms with Crippen molar-refractivity contribution >= 4 is 9.84 Å². The van der Waals surface area contributed by atoms with Crippen molar-refractivity contribution in [1.29, 1.82) is 0 Å². The van der Waals surface area contributed by atoms with Gasteiger partial charge in [-0.2, -0.15) is 0 Å². The van der Waals surface area contributed by atoms with Crippen LogP contribution in [0.3, 0.4) is 0 Å². The van der Waals surface area contributed by atoms with E-state index in [-0.39, 0.29) is 23.5 Å². The second kappa shape index (κ2) is 7.25. The van der Waals surface area contributed by atoms with Gasteiger partial charge in [-0.3, -0.25) is 0 Å². The van der Waals surface area contributed by atoms with Crippen molar-refractivity contribution in [3.63, 3.8) is 0 Å². The molecule has 0 saturated carbocycles. The maximum atomic E-state index is 11.7. The van der Waals surface area contributed by atoms with E-state index >= 15 is 0 Å². The molecule has 0 aromatic rings. The van der Waals surface area contributed by atoms with Crippen LogP contribution >= 0.6 is 0 Å². The van der Waals surface area contributed by atoms with Gasteiger partial charge in [-0.15, -0.1) is 0 Å². The topological polar surface area (TPSA) is 66.4 Å². The van der Waals surface area contributed by atoms with Gasteiger partial charge in [-0.1, -0.05) is 34.1 Å². The molecule has 0 aromatic heterocycles. The van der Waals surface area contributed by atoms with E-state index in [2.05, 4.69) is 5.32 Å². The largest absolute Gasteiger partial charge is 0.391 e. The molecule has 4 nitrogen and oxygen atoms in total. The van der Waals surface area contributed by atoms with Crippen LogP contribution in [0.25, 0.3) is 0 Å². The van der Waals surface area contributed by atoms with Gasteiger partial charge in [0, 0.05) is 12.6 Å². The maximum absolute atomic E-state index is 11.7. The zero-order chi connectivity index (χ0) is 12.8. The van der Waals surface area contributed by atoms with Crippen LogP contribution in [0.4, 0.5) is 0 Å². The summed E-state index contributed by atoms with van der Waals surface area (Å²) in [5.41, 5.74) is 0. The minimum atomic E-state index is -3.13. The first-order valence-electron chi connectivity index (χ1n) is 5.88. The van der Waals surface area contributed by atoms with Crippen LogP contribution in [-0.2, 0) is 9.84 Å². The Morgan fingerprint density at radius 1 is 1.19 bits per heavy atom. The van der Waals surface area contributed by atoms with Gasteiger partial charge in [-0.25, -0.2) is 8.42 Å². The van der Waals surface area contributed by atoms with Crippen molar-refractivity contribution in [2.75, 3.05) is 18.1 Å². The number of nitrogens with one attached hydrogen (secondary N) is 1. The summed E-state index contributed by atoms with van der Waals surface area (Å²) in [6.07, 6.45) is 0.0380. The molecule has 0 spiro atoms. The molecule has 0 amide bonds. The fourth-order valence-electron chi connectivity index (χ4n) is 1.34. The smallest absolute Gasteiger partial charge is 0.153 e. The van der Waals surface area contributed by atoms with Gasteiger partial charge in [-0.05, 0) is 5.92 Å². The summed E-state index contributed by atoms with van der Waals surface area (Å²) < 4.78 is 23.3. The second-order valence-corrected chi connectivity index (χ2v) is 6.96. The summed E-state index contributed by atoms with van der Waals surface area (Å²) in [5, 5.41) is 12.6. The van der Waals surface area contributed by atoms with Crippen molar-refractivity contribution in [2.45, 2.75) is 46.3 Å². The Balaban J connectivity index is 4.05. The van der Waals surface area contributed by atoms with E-state index in [1.807, 2.05) is 27.7 Å². The highest BCUT2D eigenvalue weighted by molar-refractivity contribution is 7.91. The summed E-state index contributed by atoms with van der Waals surface area (Å²) in [5.74, 6) is 0.189. The third-order valence-electron chi connectivity index (χ3n) is 2.44. The first-order chi connectivity index (χ1) is 7.26. The van der Waals surface area contributed by atoms with E-state index in [1.165, 1.54) is 0 Å². The van der Waals surface area contributed by atoms with Crippen molar-refractivity contribution in [1.82, 2.24) is 5.32 Å². The minimum absolute atomic E-state index is 0.142. The van der Waals surface area contributed by atoms with Crippen molar-refractivity contribution in [3.8, 4) is 0 Å². The van der Waals surface area contributed by atoms with Crippen LogP contribution in [0.1, 0.15) is 34.1 Å². The van der Waals surface area contributed by atoms with Crippen LogP contribution in [-0.4, -0.2) is 43.7 Å². The van der Waals surface area contributed by atoms with Gasteiger partial charge in [0.2, 0.25) is 0 Å². The lowest BCUT2D eigenvalue weighted by Crippen LogP contribution is -2.36. The van der Waals surface area contributed by atoms with Crippen molar-refractivity contribution in [2.24, 2.45) is 5.92 Å². The molecule has 0 radical (unpaired) electrons. The van der Waals surface area contributed by atoms with Gasteiger partial charge in [0.05, 0.1) is 17.6 Å². The molecular weight excluding hydrogens is 226 g/mol. The number of sulfone groups is 1. The lowest BCUT2D eigenvalue weighted by atomic mass is 10.2. The highest BCUT2D eigenvalue weighted by Crippen LogP contribution is 2.07. The van der Waals surface area contributed by atoms with Crippen LogP contribution in [0.15, 0.2) is 0 Å². The van der Waals surface area contributed by atoms with Gasteiger partial charge < -0.3 is 10.4 Å². The summed E-state index contributed by atoms with van der Waals surface area (Å²) in [6.45, 7) is 8.13. The molecule has 0 rings (SSSR count). The first-order valence-corrected chi connectivity index (χ1v) is 7.70. The molecule has 0 aliphatic carbocycles. The molecule has 0 aliphatic heterocycles. The average molecular weight is 251 g/mol. The lowest BCUT2D eigenvalue weighted by Gasteiger charge is -2.15. The molecule has 2 N–H and O–H groups in total. The van der Waals surface area contributed by atoms with Crippen LogP contribution in [0, 0.1) is 5.92 Å². The number of aliphatic hydroxyl groups excluding tert-OH is 1. The summed E-state index contributed by atoms with van der Waals surface area (Å²) in [6, 6.07) is 0.256. The highest BCUT2D eigenvalue weighted by Gasteiger charge is 2.19. The Kier molecular flexibility index (Phi) is 7.19. The lowest BCUT2D eigenvalue weighted by molar-refractivity contribution is 0.190. The Bertz CT molecular complexity index is 275. The fraction of sp³-hybridized carbons (Fsp3) is 1.00. The standard InChI is InChI=1S/C11H25NO3S/c1-5-10(4)7-16(14,15)8-11(13)6-12-9(2)3/h9-13H,5-8H2,1-4H3. The monoisotopic (exact) mass is 251 g/mol. The molecule has 0 bridgehead atoms. The number of aliphatic hydroxyl groups is 1. The Morgan fingerprint density at radius 2 is 1.75 bits per heavy atom. The molecule has 2 atom stereocenters. The fourth-order valence-corrected chi connectivity index (χ4v) is 3.29. The Hall–Kier alpha value is -0.130. The molecule has 2 unspecified atom stereocenters. The third kappa shape index (κ3) is 8.07. The number of hydrogen-bond donors (Lipinski definition) is 2. The van der Waals surface area contributed by atoms with Gasteiger partial charge in [0.1, 0.15) is 0 Å². The van der Waals surface area contributed by atoms with E-state index in [9.17, 15) is 13.5 Å². The minimum Gasteiger partial charge on any atom is -0.391 e. The summed E-state index contributed by atoms with van der Waals surface area (Å²) >= 11 is 0. The van der Waals surface area contributed by atoms with Crippen LogP contribution in [0.5, 0.6) is 0 Å². The van der Waals surface area contributed by atoms with Crippen molar-refractivity contribution < 1.29 is 13.5 Å². The normalized spacial score (nSPS) is 16.4. The van der Waals surface area contributed by atoms with E-state index < -0.39 is 15.9 Å². The zero-order valence-electron chi connectivity index (χ0n) is 10.7. The molecule has 0 saturated heterocycles. The molecule has 0 fully saturated rings.